The fourth-order valence-corrected chi connectivity index (χ4v) is 3.47. The van der Waals surface area contributed by atoms with Crippen LogP contribution in [0.1, 0.15) is 35.0 Å². The first kappa shape index (κ1) is 23.5. The molecule has 0 saturated carbocycles. The zero-order valence-electron chi connectivity index (χ0n) is 17.1. The van der Waals surface area contributed by atoms with Crippen LogP contribution in [0.3, 0.4) is 0 Å². The molecule has 10 heteroatoms. The van der Waals surface area contributed by atoms with Crippen LogP contribution in [-0.2, 0) is 16.0 Å². The molecule has 1 aromatic heterocycles. The minimum Gasteiger partial charge on any atom is -0.506 e. The minimum absolute atomic E-state index is 0.00177. The number of carbonyl (C=O) groups excluding carboxylic acids is 2. The van der Waals surface area contributed by atoms with Crippen LogP contribution in [0.5, 0.6) is 11.5 Å². The van der Waals surface area contributed by atoms with E-state index in [4.69, 9.17) is 16.3 Å². The maximum atomic E-state index is 13.2. The zero-order chi connectivity index (χ0) is 23.6. The second-order valence-electron chi connectivity index (χ2n) is 6.99. The number of fused-ring (bicyclic) bond motifs is 1. The Bertz CT molecular complexity index is 1170. The summed E-state index contributed by atoms with van der Waals surface area (Å²) in [6.45, 7) is 3.72. The van der Waals surface area contributed by atoms with Gasteiger partial charge >= 0.3 is 12.3 Å². The van der Waals surface area contributed by atoms with Crippen molar-refractivity contribution in [3.63, 3.8) is 0 Å². The lowest BCUT2D eigenvalue weighted by molar-refractivity contribution is -0.274. The molecule has 0 radical (unpaired) electrons. The number of rotatable bonds is 6. The molecule has 0 bridgehead atoms. The third-order valence-electron chi connectivity index (χ3n) is 4.73. The van der Waals surface area contributed by atoms with Crippen molar-refractivity contribution in [2.24, 2.45) is 0 Å². The summed E-state index contributed by atoms with van der Waals surface area (Å²) in [5, 5.41) is 10.5. The summed E-state index contributed by atoms with van der Waals surface area (Å²) < 4.78 is 47.4. The molecular formula is C22H19ClF3NO5. The molecule has 6 nitrogen and oxygen atoms in total. The van der Waals surface area contributed by atoms with Gasteiger partial charge in [0.1, 0.15) is 11.5 Å². The largest absolute Gasteiger partial charge is 0.573 e. The van der Waals surface area contributed by atoms with Gasteiger partial charge in [-0.05, 0) is 55.3 Å². The molecule has 32 heavy (non-hydrogen) atoms. The highest BCUT2D eigenvalue weighted by Crippen LogP contribution is 2.35. The van der Waals surface area contributed by atoms with E-state index in [1.807, 2.05) is 6.92 Å². The van der Waals surface area contributed by atoms with Crippen molar-refractivity contribution in [2.45, 2.75) is 33.1 Å². The highest BCUT2D eigenvalue weighted by atomic mass is 35.5. The maximum absolute atomic E-state index is 13.2. The number of benzene rings is 2. The Morgan fingerprint density at radius 3 is 2.41 bits per heavy atom. The Labute approximate surface area is 186 Å². The van der Waals surface area contributed by atoms with E-state index in [1.165, 1.54) is 28.8 Å². The van der Waals surface area contributed by atoms with E-state index >= 15 is 0 Å². The fourth-order valence-electron chi connectivity index (χ4n) is 3.31. The van der Waals surface area contributed by atoms with E-state index in [9.17, 15) is 27.9 Å². The number of carbonyl (C=O) groups is 2. The van der Waals surface area contributed by atoms with Crippen LogP contribution in [0.2, 0.25) is 5.02 Å². The average molecular weight is 470 g/mol. The molecule has 2 aromatic carbocycles. The number of halogens is 4. The summed E-state index contributed by atoms with van der Waals surface area (Å²) in [5.74, 6) is -1.73. The van der Waals surface area contributed by atoms with E-state index in [2.05, 4.69) is 4.74 Å². The van der Waals surface area contributed by atoms with Gasteiger partial charge in [0.15, 0.2) is 0 Å². The third kappa shape index (κ3) is 4.99. The Hall–Kier alpha value is -3.20. The standard InChI is InChI=1S/C22H19ClF3NO5/c1-3-8-31-20(29)10-15-12(2)27(18-11-17(23)19(28)9-16(15)18)21(30)13-4-6-14(7-5-13)32-22(24,25)26/h4-7,9,11,28H,3,8,10H2,1-2H3. The normalized spacial score (nSPS) is 11.6. The van der Waals surface area contributed by atoms with Crippen molar-refractivity contribution >= 4 is 34.4 Å². The lowest BCUT2D eigenvalue weighted by Gasteiger charge is -2.11. The van der Waals surface area contributed by atoms with Gasteiger partial charge in [0.05, 0.1) is 23.6 Å². The Balaban J connectivity index is 2.05. The summed E-state index contributed by atoms with van der Waals surface area (Å²) in [6, 6.07) is 7.21. The molecule has 0 spiro atoms. The molecule has 0 fully saturated rings. The number of hydrogen-bond acceptors (Lipinski definition) is 5. The Kier molecular flexibility index (Phi) is 6.68. The number of aromatic hydroxyl groups is 1. The maximum Gasteiger partial charge on any atom is 0.573 e. The Morgan fingerprint density at radius 2 is 1.81 bits per heavy atom. The predicted octanol–water partition coefficient (Wildman–Crippen LogP) is 5.39. The first-order chi connectivity index (χ1) is 15.0. The van der Waals surface area contributed by atoms with E-state index in [-0.39, 0.29) is 29.4 Å². The second kappa shape index (κ2) is 9.12. The van der Waals surface area contributed by atoms with E-state index in [0.29, 0.717) is 28.6 Å². The van der Waals surface area contributed by atoms with Crippen molar-refractivity contribution < 1.29 is 37.3 Å². The van der Waals surface area contributed by atoms with Crippen molar-refractivity contribution in [1.82, 2.24) is 4.57 Å². The number of phenolic OH excluding ortho intramolecular Hbond substituents is 1. The number of aromatic nitrogens is 1. The smallest absolute Gasteiger partial charge is 0.506 e. The van der Waals surface area contributed by atoms with Crippen LogP contribution in [0, 0.1) is 6.92 Å². The summed E-state index contributed by atoms with van der Waals surface area (Å²) in [4.78, 5) is 25.4. The Morgan fingerprint density at radius 1 is 1.16 bits per heavy atom. The minimum atomic E-state index is -4.85. The third-order valence-corrected chi connectivity index (χ3v) is 5.03. The predicted molar refractivity (Wildman–Crippen MR) is 111 cm³/mol. The van der Waals surface area contributed by atoms with Crippen molar-refractivity contribution in [2.75, 3.05) is 6.61 Å². The van der Waals surface area contributed by atoms with Crippen molar-refractivity contribution in [3.8, 4) is 11.5 Å². The molecule has 0 atom stereocenters. The SMILES string of the molecule is CCCOC(=O)Cc1c(C)n(C(=O)c2ccc(OC(F)(F)F)cc2)c2cc(Cl)c(O)cc12. The highest BCUT2D eigenvalue weighted by molar-refractivity contribution is 6.33. The van der Waals surface area contributed by atoms with Crippen molar-refractivity contribution in [1.29, 1.82) is 0 Å². The number of phenols is 1. The fraction of sp³-hybridized carbons (Fsp3) is 0.273. The first-order valence-corrected chi connectivity index (χ1v) is 9.98. The molecule has 0 amide bonds. The number of esters is 1. The van der Waals surface area contributed by atoms with Gasteiger partial charge in [0, 0.05) is 16.6 Å². The molecule has 1 heterocycles. The first-order valence-electron chi connectivity index (χ1n) is 9.60. The number of nitrogens with zero attached hydrogens (tertiary/aromatic N) is 1. The molecule has 0 aliphatic heterocycles. The molecule has 0 aliphatic carbocycles. The van der Waals surface area contributed by atoms with Crippen LogP contribution in [-0.4, -0.2) is 34.5 Å². The van der Waals surface area contributed by atoms with Gasteiger partial charge in [-0.25, -0.2) is 0 Å². The number of ether oxygens (including phenoxy) is 2. The molecule has 3 rings (SSSR count). The topological polar surface area (TPSA) is 77.8 Å². The molecular weight excluding hydrogens is 451 g/mol. The van der Waals surface area contributed by atoms with Gasteiger partial charge in [-0.2, -0.15) is 0 Å². The molecule has 3 aromatic rings. The van der Waals surface area contributed by atoms with Gasteiger partial charge in [0.25, 0.3) is 5.91 Å². The molecule has 0 aliphatic rings. The molecule has 1 N–H and O–H groups in total. The summed E-state index contributed by atoms with van der Waals surface area (Å²) >= 11 is 6.04. The number of alkyl halides is 3. The van der Waals surface area contributed by atoms with Gasteiger partial charge in [-0.1, -0.05) is 18.5 Å². The monoisotopic (exact) mass is 469 g/mol. The van der Waals surface area contributed by atoms with Gasteiger partial charge in [0.2, 0.25) is 0 Å². The van der Waals surface area contributed by atoms with E-state index < -0.39 is 24.0 Å². The quantitative estimate of drug-likeness (QED) is 0.490. The van der Waals surface area contributed by atoms with Crippen LogP contribution in [0.25, 0.3) is 10.9 Å². The zero-order valence-corrected chi connectivity index (χ0v) is 17.9. The van der Waals surface area contributed by atoms with Gasteiger partial charge < -0.3 is 14.6 Å². The van der Waals surface area contributed by atoms with E-state index in [0.717, 1.165) is 12.1 Å². The van der Waals surface area contributed by atoms with Gasteiger partial charge in [-0.15, -0.1) is 13.2 Å². The lowest BCUT2D eigenvalue weighted by Crippen LogP contribution is -2.17. The van der Waals surface area contributed by atoms with Crippen LogP contribution < -0.4 is 4.74 Å². The number of hydrogen-bond donors (Lipinski definition) is 1. The average Bonchev–Trinajstić information content (AvgIpc) is 2.96. The molecule has 0 unspecified atom stereocenters. The molecule has 0 saturated heterocycles. The summed E-state index contributed by atoms with van der Waals surface area (Å²) in [5.41, 5.74) is 1.31. The second-order valence-corrected chi connectivity index (χ2v) is 7.40. The van der Waals surface area contributed by atoms with Crippen LogP contribution >= 0.6 is 11.6 Å². The lowest BCUT2D eigenvalue weighted by atomic mass is 10.1. The summed E-state index contributed by atoms with van der Waals surface area (Å²) in [6.07, 6.45) is -4.34. The summed E-state index contributed by atoms with van der Waals surface area (Å²) in [7, 11) is 0. The molecule has 170 valence electrons. The van der Waals surface area contributed by atoms with Crippen LogP contribution in [0.15, 0.2) is 36.4 Å². The van der Waals surface area contributed by atoms with Gasteiger partial charge in [-0.3, -0.25) is 14.2 Å². The highest BCUT2D eigenvalue weighted by Gasteiger charge is 2.31. The van der Waals surface area contributed by atoms with Crippen LogP contribution in [0.4, 0.5) is 13.2 Å². The van der Waals surface area contributed by atoms with E-state index in [1.54, 1.807) is 6.92 Å². The van der Waals surface area contributed by atoms with Crippen molar-refractivity contribution in [3.05, 3.63) is 58.2 Å².